The SMILES string of the molecule is CC.CC.CC.CC.CC.CC.CC.CC.CC(=O)C1CC1.CC(=O)C1CN1C.CC(=O)C1CO1.CC(=O)C1CS1.CCC1CC1.CCC1CN1C.CCC1CO1.CCC1CS1. The van der Waals surface area contributed by atoms with Crippen molar-refractivity contribution in [1.29, 1.82) is 0 Å². The second-order valence-corrected chi connectivity index (χ2v) is 16.0. The summed E-state index contributed by atoms with van der Waals surface area (Å²) >= 11 is 3.80. The molecule has 0 amide bonds. The number of ketones is 4. The number of ether oxygens (including phenoxy) is 2. The van der Waals surface area contributed by atoms with Crippen LogP contribution in [-0.4, -0.2) is 120 Å². The first kappa shape index (κ1) is 78.4. The van der Waals surface area contributed by atoms with E-state index in [-0.39, 0.29) is 17.9 Å². The van der Waals surface area contributed by atoms with Gasteiger partial charge in [-0.05, 0) is 79.8 Å². The largest absolute Gasteiger partial charge is 0.373 e. The van der Waals surface area contributed by atoms with Crippen LogP contribution in [0.4, 0.5) is 0 Å². The molecule has 0 aromatic heterocycles. The molecule has 0 spiro atoms. The van der Waals surface area contributed by atoms with E-state index in [1.165, 1.54) is 57.7 Å². The lowest BCUT2D eigenvalue weighted by Gasteiger charge is -1.83. The minimum absolute atomic E-state index is 0.0370. The summed E-state index contributed by atoms with van der Waals surface area (Å²) in [4.78, 5) is 45.2. The number of hydrogen-bond acceptors (Lipinski definition) is 10. The van der Waals surface area contributed by atoms with Gasteiger partial charge < -0.3 is 14.4 Å². The molecule has 8 unspecified atom stereocenters. The number of carbonyl (C=O) groups excluding carboxylic acids is 4. The molecule has 0 bridgehead atoms. The molecule has 0 radical (unpaired) electrons. The first-order valence-electron chi connectivity index (χ1n) is 25.7. The van der Waals surface area contributed by atoms with Gasteiger partial charge in [0.05, 0.1) is 30.6 Å². The topological polar surface area (TPSA) is 99.4 Å². The summed E-state index contributed by atoms with van der Waals surface area (Å²) in [6.45, 7) is 51.3. The lowest BCUT2D eigenvalue weighted by molar-refractivity contribution is -0.118. The van der Waals surface area contributed by atoms with Crippen molar-refractivity contribution in [3.05, 3.63) is 0 Å². The van der Waals surface area contributed by atoms with Crippen LogP contribution < -0.4 is 0 Å². The molecule has 8 fully saturated rings. The second kappa shape index (κ2) is 60.2. The molecule has 6 aliphatic heterocycles. The molecule has 0 aromatic carbocycles. The zero-order chi connectivity index (χ0) is 50.8. The number of thioether (sulfide) groups is 2. The first-order valence-corrected chi connectivity index (χ1v) is 27.8. The van der Waals surface area contributed by atoms with Crippen LogP contribution in [0.5, 0.6) is 0 Å². The van der Waals surface area contributed by atoms with Crippen molar-refractivity contribution in [3.63, 3.8) is 0 Å². The lowest BCUT2D eigenvalue weighted by atomic mass is 10.3. The highest BCUT2D eigenvalue weighted by molar-refractivity contribution is 8.07. The van der Waals surface area contributed by atoms with Gasteiger partial charge >= 0.3 is 0 Å². The lowest BCUT2D eigenvalue weighted by Crippen LogP contribution is -2.04. The number of hydrogen-bond donors (Lipinski definition) is 0. The van der Waals surface area contributed by atoms with Crippen LogP contribution in [0, 0.1) is 11.8 Å². The van der Waals surface area contributed by atoms with E-state index >= 15 is 0 Å². The maximum absolute atomic E-state index is 10.4. The van der Waals surface area contributed by atoms with E-state index in [1.54, 1.807) is 32.5 Å². The molecule has 8 aliphatic rings. The number of likely N-dealkylation sites (N-methyl/N-ethyl adjacent to an activating group) is 2. The van der Waals surface area contributed by atoms with Crippen LogP contribution in [0.2, 0.25) is 0 Å². The number of nitrogens with zero attached hydrogens (tertiary/aromatic N) is 2. The Labute approximate surface area is 399 Å². The van der Waals surface area contributed by atoms with Gasteiger partial charge in [0.25, 0.3) is 0 Å². The fourth-order valence-corrected chi connectivity index (χ4v) is 4.75. The molecular formula is C52H114N2O6S2. The van der Waals surface area contributed by atoms with Crippen molar-refractivity contribution in [2.75, 3.05) is 51.9 Å². The first-order chi connectivity index (χ1) is 29.8. The molecule has 62 heavy (non-hydrogen) atoms. The van der Waals surface area contributed by atoms with Crippen LogP contribution in [-0.2, 0) is 28.7 Å². The van der Waals surface area contributed by atoms with E-state index in [2.05, 4.69) is 56.1 Å². The third kappa shape index (κ3) is 70.9. The zero-order valence-corrected chi connectivity index (χ0v) is 48.3. The van der Waals surface area contributed by atoms with Gasteiger partial charge in [0, 0.05) is 41.8 Å². The molecule has 380 valence electrons. The third-order valence-electron chi connectivity index (χ3n) is 8.50. The maximum atomic E-state index is 10.4. The second-order valence-electron chi connectivity index (χ2n) is 13.4. The summed E-state index contributed by atoms with van der Waals surface area (Å²) in [7, 11) is 4.11. The van der Waals surface area contributed by atoms with E-state index in [4.69, 9.17) is 4.74 Å². The summed E-state index contributed by atoms with van der Waals surface area (Å²) in [5.74, 6) is 5.23. The van der Waals surface area contributed by atoms with Gasteiger partial charge in [0.1, 0.15) is 23.5 Å². The van der Waals surface area contributed by atoms with E-state index in [0.29, 0.717) is 41.2 Å². The van der Waals surface area contributed by atoms with Crippen LogP contribution in [0.3, 0.4) is 0 Å². The van der Waals surface area contributed by atoms with Crippen molar-refractivity contribution in [2.45, 2.75) is 252 Å². The fraction of sp³-hybridized carbons (Fsp3) is 0.923. The summed E-state index contributed by atoms with van der Waals surface area (Å²) < 4.78 is 9.48. The molecule has 0 N–H and O–H groups in total. The summed E-state index contributed by atoms with van der Waals surface area (Å²) in [6, 6.07) is 1.20. The third-order valence-corrected chi connectivity index (χ3v) is 10.6. The molecule has 8 atom stereocenters. The molecule has 2 aliphatic carbocycles. The molecule has 6 heterocycles. The Morgan fingerprint density at radius 2 is 0.887 bits per heavy atom. The van der Waals surface area contributed by atoms with Gasteiger partial charge in [-0.15, -0.1) is 11.8 Å². The number of epoxide rings is 2. The van der Waals surface area contributed by atoms with Crippen molar-refractivity contribution in [3.8, 4) is 0 Å². The molecule has 6 saturated heterocycles. The van der Waals surface area contributed by atoms with Crippen molar-refractivity contribution < 1.29 is 28.7 Å². The fourth-order valence-electron chi connectivity index (χ4n) is 3.58. The number of carbonyl (C=O) groups is 4. The van der Waals surface area contributed by atoms with Gasteiger partial charge in [0.15, 0.2) is 5.78 Å². The van der Waals surface area contributed by atoms with Gasteiger partial charge in [-0.3, -0.25) is 24.1 Å². The minimum atomic E-state index is -0.0370. The highest BCUT2D eigenvalue weighted by Crippen LogP contribution is 2.32. The Morgan fingerprint density at radius 3 is 0.887 bits per heavy atom. The van der Waals surface area contributed by atoms with E-state index in [0.717, 1.165) is 49.0 Å². The summed E-state index contributed by atoms with van der Waals surface area (Å²) in [5, 5.41) is 1.43. The van der Waals surface area contributed by atoms with Crippen molar-refractivity contribution in [1.82, 2.24) is 9.80 Å². The molecule has 0 aromatic rings. The Bertz CT molecular complexity index is 819. The van der Waals surface area contributed by atoms with Crippen LogP contribution in [0.1, 0.15) is 218 Å². The number of Topliss-reactive ketones (excluding diaryl/α,β-unsaturated/α-hetero) is 4. The standard InChI is InChI=1S/C5H9NO.C5H11N.C5H8O.C5H10.C4H6O2.C4H6OS.C4H8O.C4H8S.8C2H6/c1-4(7)5-3-6(5)2;1-3-5-4-6(5)2;1-4(6)5-2-3-5;1-2-5-3-4-5;2*1-3(5)4-2-6-4;2*1-2-4-3-5-4;8*1-2/h5H,3H2,1-2H3;5H,3-4H2,1-2H3;5H,2-3H2,1H3;5H,2-4H2,1H3;2*4H,2H2,1H3;2*4H,2-3H2,1H3;8*1-2H3. The minimum Gasteiger partial charge on any atom is -0.373 e. The predicted octanol–water partition coefficient (Wildman–Crippen LogP) is 14.6. The van der Waals surface area contributed by atoms with Crippen molar-refractivity contribution >= 4 is 46.7 Å². The summed E-state index contributed by atoms with van der Waals surface area (Å²) in [6.07, 6.45) is 11.2. The number of rotatable bonds is 8. The Morgan fingerprint density at radius 1 is 0.500 bits per heavy atom. The van der Waals surface area contributed by atoms with Crippen molar-refractivity contribution in [2.24, 2.45) is 11.8 Å². The molecule has 8 nitrogen and oxygen atoms in total. The van der Waals surface area contributed by atoms with Gasteiger partial charge in [0.2, 0.25) is 0 Å². The average molecular weight is 928 g/mol. The molecule has 8 rings (SSSR count). The molecular weight excluding hydrogens is 813 g/mol. The predicted molar refractivity (Wildman–Crippen MR) is 285 cm³/mol. The van der Waals surface area contributed by atoms with Crippen LogP contribution >= 0.6 is 23.5 Å². The van der Waals surface area contributed by atoms with Gasteiger partial charge in [-0.1, -0.05) is 158 Å². The van der Waals surface area contributed by atoms with Gasteiger partial charge in [-0.2, -0.15) is 11.8 Å². The summed E-state index contributed by atoms with van der Waals surface area (Å²) in [5.41, 5.74) is 0. The van der Waals surface area contributed by atoms with Gasteiger partial charge in [-0.25, -0.2) is 0 Å². The Kier molecular flexibility index (Phi) is 76.1. The molecule has 10 heteroatoms. The van der Waals surface area contributed by atoms with E-state index in [1.807, 2.05) is 123 Å². The highest BCUT2D eigenvalue weighted by Gasteiger charge is 2.33. The van der Waals surface area contributed by atoms with Crippen LogP contribution in [0.25, 0.3) is 0 Å². The average Bonchev–Trinajstić information content (AvgIpc) is 4.15. The van der Waals surface area contributed by atoms with E-state index < -0.39 is 0 Å². The van der Waals surface area contributed by atoms with E-state index in [9.17, 15) is 19.2 Å². The Balaban J connectivity index is -0.0000000857. The molecule has 2 saturated carbocycles. The Hall–Kier alpha value is -0.780. The maximum Gasteiger partial charge on any atom is 0.160 e. The quantitative estimate of drug-likeness (QED) is 0.219. The monoisotopic (exact) mass is 927 g/mol. The normalized spacial score (nSPS) is 24.4. The zero-order valence-electron chi connectivity index (χ0n) is 46.7. The smallest absolute Gasteiger partial charge is 0.160 e. The highest BCUT2D eigenvalue weighted by atomic mass is 32.2. The van der Waals surface area contributed by atoms with Crippen LogP contribution in [0.15, 0.2) is 0 Å².